The molecule has 0 amide bonds. The van der Waals surface area contributed by atoms with Crippen molar-refractivity contribution in [2.45, 2.75) is 33.3 Å². The second-order valence-electron chi connectivity index (χ2n) is 6.29. The number of hydrogen-bond donors (Lipinski definition) is 0. The first-order chi connectivity index (χ1) is 13.1. The highest BCUT2D eigenvalue weighted by Crippen LogP contribution is 2.27. The van der Waals surface area contributed by atoms with Crippen molar-refractivity contribution in [1.29, 1.82) is 0 Å². The minimum Gasteiger partial charge on any atom is -0.487 e. The molecule has 0 aliphatic carbocycles. The second kappa shape index (κ2) is 8.82. The molecule has 2 aromatic carbocycles. The van der Waals surface area contributed by atoms with Crippen LogP contribution in [0, 0.1) is 6.92 Å². The van der Waals surface area contributed by atoms with Gasteiger partial charge in [0.2, 0.25) is 0 Å². The van der Waals surface area contributed by atoms with Crippen LogP contribution in [-0.2, 0) is 16.1 Å². The minimum atomic E-state index is -0.286. The van der Waals surface area contributed by atoms with Gasteiger partial charge in [-0.25, -0.2) is 4.98 Å². The zero-order valence-corrected chi connectivity index (χ0v) is 16.6. The van der Waals surface area contributed by atoms with Gasteiger partial charge in [0, 0.05) is 10.9 Å². The first-order valence-corrected chi connectivity index (χ1v) is 9.86. The van der Waals surface area contributed by atoms with Crippen LogP contribution >= 0.6 is 11.3 Å². The van der Waals surface area contributed by atoms with Gasteiger partial charge in [-0.15, -0.1) is 11.3 Å². The third-order valence-electron chi connectivity index (χ3n) is 4.31. The molecule has 0 N–H and O–H groups in total. The Morgan fingerprint density at radius 3 is 2.67 bits per heavy atom. The smallest absolute Gasteiger partial charge is 0.313 e. The van der Waals surface area contributed by atoms with Crippen molar-refractivity contribution in [3.63, 3.8) is 0 Å². The van der Waals surface area contributed by atoms with E-state index >= 15 is 0 Å². The summed E-state index contributed by atoms with van der Waals surface area (Å²) < 4.78 is 11.0. The summed E-state index contributed by atoms with van der Waals surface area (Å²) in [6.45, 7) is 6.46. The lowest BCUT2D eigenvalue weighted by molar-refractivity contribution is -0.144. The van der Waals surface area contributed by atoms with Gasteiger partial charge in [-0.05, 0) is 44.0 Å². The predicted octanol–water partition coefficient (Wildman–Crippen LogP) is 5.36. The maximum atomic E-state index is 12.0. The van der Waals surface area contributed by atoms with Crippen LogP contribution in [-0.4, -0.2) is 17.6 Å². The first kappa shape index (κ1) is 19.1. The number of carbonyl (C=O) groups is 1. The topological polar surface area (TPSA) is 48.4 Å². The normalized spacial score (nSPS) is 11.8. The van der Waals surface area contributed by atoms with Crippen LogP contribution in [0.3, 0.4) is 0 Å². The fraction of sp³-hybridized carbons (Fsp3) is 0.273. The zero-order valence-electron chi connectivity index (χ0n) is 15.8. The largest absolute Gasteiger partial charge is 0.487 e. The molecule has 1 heterocycles. The summed E-state index contributed by atoms with van der Waals surface area (Å²) in [5.74, 6) is 0.276. The van der Waals surface area contributed by atoms with E-state index in [0.717, 1.165) is 33.1 Å². The second-order valence-corrected chi connectivity index (χ2v) is 7.15. The number of aryl methyl sites for hydroxylation is 1. The average Bonchev–Trinajstić information content (AvgIpc) is 3.16. The van der Waals surface area contributed by atoms with E-state index in [-0.39, 0.29) is 11.9 Å². The molecular formula is C22H23NO3S. The lowest BCUT2D eigenvalue weighted by Crippen LogP contribution is -2.14. The maximum Gasteiger partial charge on any atom is 0.313 e. The van der Waals surface area contributed by atoms with Gasteiger partial charge in [-0.2, -0.15) is 0 Å². The number of nitrogens with zero attached hydrogens (tertiary/aromatic N) is 1. The van der Waals surface area contributed by atoms with Crippen LogP contribution < -0.4 is 4.74 Å². The first-order valence-electron chi connectivity index (χ1n) is 8.98. The SMILES string of the molecule is CCOC(=O)C(C)c1ccc(OCc2csc(-c3ccccc3)n2)cc1C. The van der Waals surface area contributed by atoms with E-state index in [1.54, 1.807) is 11.3 Å². The Bertz CT molecular complexity index is 905. The Hall–Kier alpha value is -2.66. The fourth-order valence-corrected chi connectivity index (χ4v) is 3.67. The number of esters is 1. The number of aromatic nitrogens is 1. The van der Waals surface area contributed by atoms with Crippen LogP contribution in [0.15, 0.2) is 53.9 Å². The highest BCUT2D eigenvalue weighted by Gasteiger charge is 2.18. The van der Waals surface area contributed by atoms with E-state index in [4.69, 9.17) is 9.47 Å². The van der Waals surface area contributed by atoms with Gasteiger partial charge < -0.3 is 9.47 Å². The Morgan fingerprint density at radius 1 is 1.19 bits per heavy atom. The van der Waals surface area contributed by atoms with Crippen molar-refractivity contribution in [2.24, 2.45) is 0 Å². The number of ether oxygens (including phenoxy) is 2. The molecule has 0 spiro atoms. The van der Waals surface area contributed by atoms with Crippen molar-refractivity contribution >= 4 is 17.3 Å². The minimum absolute atomic E-state index is 0.204. The molecule has 0 saturated heterocycles. The molecule has 0 fully saturated rings. The third-order valence-corrected chi connectivity index (χ3v) is 5.25. The summed E-state index contributed by atoms with van der Waals surface area (Å²) in [5.41, 5.74) is 3.99. The van der Waals surface area contributed by atoms with E-state index in [2.05, 4.69) is 17.1 Å². The van der Waals surface area contributed by atoms with Crippen molar-refractivity contribution < 1.29 is 14.3 Å². The molecule has 3 aromatic rings. The molecule has 1 atom stereocenters. The highest BCUT2D eigenvalue weighted by molar-refractivity contribution is 7.13. The molecule has 4 nitrogen and oxygen atoms in total. The molecule has 27 heavy (non-hydrogen) atoms. The summed E-state index contributed by atoms with van der Waals surface area (Å²) in [7, 11) is 0. The Kier molecular flexibility index (Phi) is 6.24. The molecule has 1 aromatic heterocycles. The molecule has 0 aliphatic heterocycles. The third kappa shape index (κ3) is 4.74. The van der Waals surface area contributed by atoms with E-state index in [9.17, 15) is 4.79 Å². The average molecular weight is 381 g/mol. The molecule has 0 aliphatic rings. The molecule has 0 saturated carbocycles. The molecule has 3 rings (SSSR count). The van der Waals surface area contributed by atoms with Crippen LogP contribution in [0.1, 0.15) is 36.6 Å². The summed E-state index contributed by atoms with van der Waals surface area (Å²) in [5, 5.41) is 3.01. The van der Waals surface area contributed by atoms with Crippen LogP contribution in [0.2, 0.25) is 0 Å². The van der Waals surface area contributed by atoms with Crippen molar-refractivity contribution in [3.8, 4) is 16.3 Å². The number of benzene rings is 2. The number of thiazole rings is 1. The van der Waals surface area contributed by atoms with Crippen molar-refractivity contribution in [3.05, 3.63) is 70.7 Å². The van der Waals surface area contributed by atoms with E-state index < -0.39 is 0 Å². The lowest BCUT2D eigenvalue weighted by atomic mass is 9.96. The number of hydrogen-bond acceptors (Lipinski definition) is 5. The fourth-order valence-electron chi connectivity index (χ4n) is 2.86. The quantitative estimate of drug-likeness (QED) is 0.517. The van der Waals surface area contributed by atoms with Crippen LogP contribution in [0.4, 0.5) is 0 Å². The van der Waals surface area contributed by atoms with Crippen LogP contribution in [0.5, 0.6) is 5.75 Å². The molecule has 0 bridgehead atoms. The van der Waals surface area contributed by atoms with Gasteiger partial charge in [0.1, 0.15) is 17.4 Å². The van der Waals surface area contributed by atoms with Gasteiger partial charge in [-0.1, -0.05) is 36.4 Å². The lowest BCUT2D eigenvalue weighted by Gasteiger charge is -2.15. The van der Waals surface area contributed by atoms with E-state index in [1.807, 2.05) is 62.5 Å². The molecule has 1 unspecified atom stereocenters. The monoisotopic (exact) mass is 381 g/mol. The zero-order chi connectivity index (χ0) is 19.2. The van der Waals surface area contributed by atoms with Gasteiger partial charge in [0.05, 0.1) is 18.2 Å². The summed E-state index contributed by atoms with van der Waals surface area (Å²) in [6.07, 6.45) is 0. The van der Waals surface area contributed by atoms with Gasteiger partial charge in [-0.3, -0.25) is 4.79 Å². The Balaban J connectivity index is 1.64. The molecular weight excluding hydrogens is 358 g/mol. The van der Waals surface area contributed by atoms with Gasteiger partial charge in [0.15, 0.2) is 0 Å². The molecule has 0 radical (unpaired) electrons. The Labute approximate surface area is 163 Å². The molecule has 140 valence electrons. The Morgan fingerprint density at radius 2 is 1.96 bits per heavy atom. The van der Waals surface area contributed by atoms with Crippen molar-refractivity contribution in [1.82, 2.24) is 4.98 Å². The number of rotatable bonds is 7. The van der Waals surface area contributed by atoms with Crippen molar-refractivity contribution in [2.75, 3.05) is 6.61 Å². The summed E-state index contributed by atoms with van der Waals surface area (Å²) in [4.78, 5) is 16.6. The maximum absolute atomic E-state index is 12.0. The standard InChI is InChI=1S/C22H23NO3S/c1-4-25-22(24)16(3)20-11-10-19(12-15(20)2)26-13-18-14-27-21(23-18)17-8-6-5-7-9-17/h5-12,14,16H,4,13H2,1-3H3. The van der Waals surface area contributed by atoms with Gasteiger partial charge in [0.25, 0.3) is 0 Å². The summed E-state index contributed by atoms with van der Waals surface area (Å²) in [6, 6.07) is 15.9. The van der Waals surface area contributed by atoms with Crippen LogP contribution in [0.25, 0.3) is 10.6 Å². The summed E-state index contributed by atoms with van der Waals surface area (Å²) >= 11 is 1.61. The molecule has 5 heteroatoms. The predicted molar refractivity (Wildman–Crippen MR) is 108 cm³/mol. The van der Waals surface area contributed by atoms with E-state index in [1.165, 1.54) is 0 Å². The number of carbonyl (C=O) groups excluding carboxylic acids is 1. The van der Waals surface area contributed by atoms with E-state index in [0.29, 0.717) is 13.2 Å². The van der Waals surface area contributed by atoms with Gasteiger partial charge >= 0.3 is 5.97 Å². The highest BCUT2D eigenvalue weighted by atomic mass is 32.1.